The van der Waals surface area contributed by atoms with Crippen LogP contribution in [-0.4, -0.2) is 33.9 Å². The first-order valence-corrected chi connectivity index (χ1v) is 10.5. The standard InChI is InChI=1S/C24H22FN5O2/c25-17-4-6-19(7-5-17)32-20-3-1-2-18(14-20)29-24(31)16-9-12-30(13-10-16)23-21-8-11-26-22(21)27-15-28-23/h1-8,11,14-16H,9-10,12-13H2,(H,29,31)(H,26,27,28). The minimum atomic E-state index is -0.318. The minimum Gasteiger partial charge on any atom is -0.457 e. The lowest BCUT2D eigenvalue weighted by Gasteiger charge is -2.32. The summed E-state index contributed by atoms with van der Waals surface area (Å²) in [6.07, 6.45) is 4.91. The average molecular weight is 431 g/mol. The number of rotatable bonds is 5. The minimum absolute atomic E-state index is 0.00180. The van der Waals surface area contributed by atoms with Gasteiger partial charge in [-0.05, 0) is 55.3 Å². The molecule has 1 amide bonds. The molecule has 1 fully saturated rings. The summed E-state index contributed by atoms with van der Waals surface area (Å²) in [5.41, 5.74) is 1.49. The van der Waals surface area contributed by atoms with Crippen molar-refractivity contribution < 1.29 is 13.9 Å². The molecule has 0 saturated carbocycles. The summed E-state index contributed by atoms with van der Waals surface area (Å²) in [6, 6.07) is 15.0. The highest BCUT2D eigenvalue weighted by Gasteiger charge is 2.26. The second-order valence-corrected chi connectivity index (χ2v) is 7.77. The van der Waals surface area contributed by atoms with Crippen molar-refractivity contribution in [2.75, 3.05) is 23.3 Å². The van der Waals surface area contributed by atoms with E-state index in [0.29, 0.717) is 17.2 Å². The molecule has 162 valence electrons. The number of amides is 1. The Bertz CT molecular complexity index is 1230. The molecule has 3 heterocycles. The van der Waals surface area contributed by atoms with E-state index in [-0.39, 0.29) is 17.6 Å². The smallest absolute Gasteiger partial charge is 0.227 e. The average Bonchev–Trinajstić information content (AvgIpc) is 3.30. The molecular formula is C24H22FN5O2. The van der Waals surface area contributed by atoms with Crippen LogP contribution in [-0.2, 0) is 4.79 Å². The molecule has 1 saturated heterocycles. The molecule has 0 unspecified atom stereocenters. The first kappa shape index (κ1) is 20.0. The number of benzene rings is 2. The summed E-state index contributed by atoms with van der Waals surface area (Å²) >= 11 is 0. The van der Waals surface area contributed by atoms with Crippen molar-refractivity contribution in [1.29, 1.82) is 0 Å². The highest BCUT2D eigenvalue weighted by Crippen LogP contribution is 2.28. The van der Waals surface area contributed by atoms with Crippen LogP contribution >= 0.6 is 0 Å². The number of aromatic nitrogens is 3. The van der Waals surface area contributed by atoms with Crippen LogP contribution < -0.4 is 15.0 Å². The van der Waals surface area contributed by atoms with Crippen LogP contribution in [0.4, 0.5) is 15.9 Å². The van der Waals surface area contributed by atoms with E-state index in [1.54, 1.807) is 30.6 Å². The van der Waals surface area contributed by atoms with E-state index >= 15 is 0 Å². The van der Waals surface area contributed by atoms with Crippen molar-refractivity contribution in [2.24, 2.45) is 5.92 Å². The van der Waals surface area contributed by atoms with Gasteiger partial charge in [-0.1, -0.05) is 6.07 Å². The normalized spacial score (nSPS) is 14.5. The maximum Gasteiger partial charge on any atom is 0.227 e. The molecular weight excluding hydrogens is 409 g/mol. The fraction of sp³-hybridized carbons (Fsp3) is 0.208. The van der Waals surface area contributed by atoms with Crippen LogP contribution in [0.3, 0.4) is 0 Å². The van der Waals surface area contributed by atoms with Crippen LogP contribution in [0.1, 0.15) is 12.8 Å². The maximum absolute atomic E-state index is 13.1. The molecule has 2 N–H and O–H groups in total. The van der Waals surface area contributed by atoms with E-state index in [1.165, 1.54) is 12.1 Å². The Hall–Kier alpha value is -3.94. The predicted molar refractivity (Wildman–Crippen MR) is 120 cm³/mol. The second kappa shape index (κ2) is 8.66. The number of anilines is 2. The van der Waals surface area contributed by atoms with Crippen molar-refractivity contribution in [1.82, 2.24) is 15.0 Å². The van der Waals surface area contributed by atoms with Gasteiger partial charge in [0.1, 0.15) is 35.1 Å². The number of nitrogens with one attached hydrogen (secondary N) is 2. The number of fused-ring (bicyclic) bond motifs is 1. The predicted octanol–water partition coefficient (Wildman–Crippen LogP) is 4.74. The largest absolute Gasteiger partial charge is 0.457 e. The zero-order valence-electron chi connectivity index (χ0n) is 17.3. The molecule has 2 aromatic carbocycles. The molecule has 1 aliphatic rings. The number of aromatic amines is 1. The number of carbonyl (C=O) groups excluding carboxylic acids is 1. The topological polar surface area (TPSA) is 83.1 Å². The van der Waals surface area contributed by atoms with Crippen LogP contribution in [0.15, 0.2) is 67.1 Å². The van der Waals surface area contributed by atoms with E-state index in [2.05, 4.69) is 25.2 Å². The zero-order valence-corrected chi connectivity index (χ0v) is 17.3. The summed E-state index contributed by atoms with van der Waals surface area (Å²) in [5, 5.41) is 3.99. The molecule has 0 bridgehead atoms. The first-order valence-electron chi connectivity index (χ1n) is 10.5. The summed E-state index contributed by atoms with van der Waals surface area (Å²) in [6.45, 7) is 1.51. The van der Waals surface area contributed by atoms with Crippen molar-refractivity contribution in [3.8, 4) is 11.5 Å². The van der Waals surface area contributed by atoms with Crippen molar-refractivity contribution in [3.63, 3.8) is 0 Å². The third kappa shape index (κ3) is 4.25. The van der Waals surface area contributed by atoms with Gasteiger partial charge in [0, 0.05) is 37.0 Å². The number of hydrogen-bond donors (Lipinski definition) is 2. The number of hydrogen-bond acceptors (Lipinski definition) is 5. The lowest BCUT2D eigenvalue weighted by Crippen LogP contribution is -2.38. The number of halogens is 1. The number of nitrogens with zero attached hydrogens (tertiary/aromatic N) is 3. The molecule has 32 heavy (non-hydrogen) atoms. The van der Waals surface area contributed by atoms with Crippen molar-refractivity contribution in [3.05, 3.63) is 72.9 Å². The summed E-state index contributed by atoms with van der Waals surface area (Å²) in [5.74, 6) is 1.61. The summed E-state index contributed by atoms with van der Waals surface area (Å²) in [4.78, 5) is 26.8. The van der Waals surface area contributed by atoms with E-state index in [9.17, 15) is 9.18 Å². The van der Waals surface area contributed by atoms with E-state index in [4.69, 9.17) is 4.74 Å². The Labute approximate surface area is 184 Å². The van der Waals surface area contributed by atoms with Gasteiger partial charge in [0.25, 0.3) is 0 Å². The molecule has 0 aliphatic carbocycles. The van der Waals surface area contributed by atoms with E-state index in [0.717, 1.165) is 42.8 Å². The van der Waals surface area contributed by atoms with Crippen LogP contribution in [0.2, 0.25) is 0 Å². The molecule has 7 nitrogen and oxygen atoms in total. The van der Waals surface area contributed by atoms with Gasteiger partial charge in [-0.3, -0.25) is 4.79 Å². The van der Waals surface area contributed by atoms with Gasteiger partial charge in [-0.2, -0.15) is 0 Å². The molecule has 1 aliphatic heterocycles. The third-order valence-corrected chi connectivity index (χ3v) is 5.65. The summed E-state index contributed by atoms with van der Waals surface area (Å²) in [7, 11) is 0. The van der Waals surface area contributed by atoms with Gasteiger partial charge >= 0.3 is 0 Å². The fourth-order valence-corrected chi connectivity index (χ4v) is 3.98. The van der Waals surface area contributed by atoms with Gasteiger partial charge in [0.15, 0.2) is 0 Å². The molecule has 0 spiro atoms. The molecule has 4 aromatic rings. The highest BCUT2D eigenvalue weighted by molar-refractivity contribution is 5.93. The SMILES string of the molecule is O=C(Nc1cccc(Oc2ccc(F)cc2)c1)C1CCN(c2ncnc3[nH]ccc23)CC1. The van der Waals surface area contributed by atoms with Crippen LogP contribution in [0.5, 0.6) is 11.5 Å². The van der Waals surface area contributed by atoms with Crippen LogP contribution in [0, 0.1) is 11.7 Å². The van der Waals surface area contributed by atoms with Gasteiger partial charge in [-0.15, -0.1) is 0 Å². The third-order valence-electron chi connectivity index (χ3n) is 5.65. The number of carbonyl (C=O) groups is 1. The molecule has 2 aromatic heterocycles. The maximum atomic E-state index is 13.1. The van der Waals surface area contributed by atoms with Gasteiger partial charge in [0.2, 0.25) is 5.91 Å². The van der Waals surface area contributed by atoms with E-state index < -0.39 is 0 Å². The Morgan fingerprint density at radius 1 is 1.06 bits per heavy atom. The number of ether oxygens (including phenoxy) is 1. The van der Waals surface area contributed by atoms with Gasteiger partial charge < -0.3 is 19.9 Å². The fourth-order valence-electron chi connectivity index (χ4n) is 3.98. The lowest BCUT2D eigenvalue weighted by molar-refractivity contribution is -0.120. The highest BCUT2D eigenvalue weighted by atomic mass is 19.1. The van der Waals surface area contributed by atoms with E-state index in [1.807, 2.05) is 24.4 Å². The van der Waals surface area contributed by atoms with Crippen molar-refractivity contribution in [2.45, 2.75) is 12.8 Å². The number of H-pyrrole nitrogens is 1. The molecule has 0 atom stereocenters. The van der Waals surface area contributed by atoms with Gasteiger partial charge in [0.05, 0.1) is 5.39 Å². The Balaban J connectivity index is 1.20. The second-order valence-electron chi connectivity index (χ2n) is 7.77. The molecule has 0 radical (unpaired) electrons. The molecule has 8 heteroatoms. The monoisotopic (exact) mass is 431 g/mol. The van der Waals surface area contributed by atoms with Crippen molar-refractivity contribution >= 4 is 28.4 Å². The van der Waals surface area contributed by atoms with Crippen LogP contribution in [0.25, 0.3) is 11.0 Å². The Kier molecular flexibility index (Phi) is 5.41. The zero-order chi connectivity index (χ0) is 21.9. The lowest BCUT2D eigenvalue weighted by atomic mass is 9.95. The Morgan fingerprint density at radius 3 is 2.69 bits per heavy atom. The Morgan fingerprint density at radius 2 is 1.88 bits per heavy atom. The number of piperidine rings is 1. The summed E-state index contributed by atoms with van der Waals surface area (Å²) < 4.78 is 18.8. The van der Waals surface area contributed by atoms with Gasteiger partial charge in [-0.25, -0.2) is 14.4 Å². The molecule has 5 rings (SSSR count). The quantitative estimate of drug-likeness (QED) is 0.477. The first-order chi connectivity index (χ1) is 15.7.